The van der Waals surface area contributed by atoms with Crippen LogP contribution in [0.1, 0.15) is 0 Å². The number of ether oxygens (including phenoxy) is 1. The Morgan fingerprint density at radius 1 is 1.43 bits per heavy atom. The van der Waals surface area contributed by atoms with Crippen molar-refractivity contribution in [3.63, 3.8) is 0 Å². The molecule has 1 rings (SSSR count). The highest BCUT2D eigenvalue weighted by Crippen LogP contribution is 2.33. The molecule has 0 aliphatic carbocycles. The minimum absolute atomic E-state index is 0.0901. The molecule has 3 nitrogen and oxygen atoms in total. The van der Waals surface area contributed by atoms with Gasteiger partial charge < -0.3 is 4.74 Å². The summed E-state index contributed by atoms with van der Waals surface area (Å²) in [7, 11) is 1.35. The van der Waals surface area contributed by atoms with Crippen LogP contribution in [0.5, 0.6) is 5.75 Å². The zero-order chi connectivity index (χ0) is 10.6. The SMILES string of the molecule is CONc1cccc(Cl)c1OC(F)F. The molecule has 0 aliphatic heterocycles. The van der Waals surface area contributed by atoms with Crippen LogP contribution in [0, 0.1) is 0 Å². The number of anilines is 1. The van der Waals surface area contributed by atoms with E-state index < -0.39 is 6.61 Å². The van der Waals surface area contributed by atoms with Crippen LogP contribution in [0.4, 0.5) is 14.5 Å². The minimum atomic E-state index is -2.92. The van der Waals surface area contributed by atoms with E-state index in [1.54, 1.807) is 6.07 Å². The number of hydrogen-bond acceptors (Lipinski definition) is 3. The molecule has 78 valence electrons. The van der Waals surface area contributed by atoms with Crippen molar-refractivity contribution < 1.29 is 18.4 Å². The van der Waals surface area contributed by atoms with E-state index in [0.29, 0.717) is 0 Å². The van der Waals surface area contributed by atoms with Gasteiger partial charge in [0.2, 0.25) is 0 Å². The smallest absolute Gasteiger partial charge is 0.387 e. The maximum Gasteiger partial charge on any atom is 0.387 e. The van der Waals surface area contributed by atoms with E-state index >= 15 is 0 Å². The first kappa shape index (κ1) is 11.0. The zero-order valence-electron chi connectivity index (χ0n) is 7.26. The van der Waals surface area contributed by atoms with Crippen LogP contribution in [0.15, 0.2) is 18.2 Å². The fourth-order valence-electron chi connectivity index (χ4n) is 0.908. The second kappa shape index (κ2) is 4.97. The maximum atomic E-state index is 12.0. The standard InChI is InChI=1S/C8H8ClF2NO2/c1-13-12-6-4-2-3-5(9)7(6)14-8(10)11/h2-4,8,12H,1H3. The first-order valence-corrected chi connectivity index (χ1v) is 4.05. The number of halogens is 3. The molecule has 1 aromatic carbocycles. The predicted octanol–water partition coefficient (Wildman–Crippen LogP) is 2.91. The van der Waals surface area contributed by atoms with E-state index in [2.05, 4.69) is 15.1 Å². The van der Waals surface area contributed by atoms with Crippen molar-refractivity contribution in [1.82, 2.24) is 0 Å². The van der Waals surface area contributed by atoms with E-state index in [1.807, 2.05) is 0 Å². The molecule has 0 aliphatic rings. The Bertz CT molecular complexity index is 309. The number of hydrogen-bond donors (Lipinski definition) is 1. The van der Waals surface area contributed by atoms with E-state index in [1.165, 1.54) is 19.2 Å². The minimum Gasteiger partial charge on any atom is -0.431 e. The van der Waals surface area contributed by atoms with Gasteiger partial charge in [0.05, 0.1) is 12.1 Å². The predicted molar refractivity (Wildman–Crippen MR) is 48.7 cm³/mol. The van der Waals surface area contributed by atoms with Crippen molar-refractivity contribution in [3.8, 4) is 5.75 Å². The first-order valence-electron chi connectivity index (χ1n) is 3.67. The van der Waals surface area contributed by atoms with Gasteiger partial charge in [-0.3, -0.25) is 10.3 Å². The Hall–Kier alpha value is -1.07. The lowest BCUT2D eigenvalue weighted by Gasteiger charge is -2.12. The van der Waals surface area contributed by atoms with Gasteiger partial charge in [0.1, 0.15) is 5.69 Å². The van der Waals surface area contributed by atoms with E-state index in [-0.39, 0.29) is 16.5 Å². The molecular formula is C8H8ClF2NO2. The summed E-state index contributed by atoms with van der Waals surface area (Å²) in [5, 5.41) is 0.0901. The van der Waals surface area contributed by atoms with Crippen LogP contribution in [-0.2, 0) is 4.84 Å². The van der Waals surface area contributed by atoms with Gasteiger partial charge in [-0.05, 0) is 12.1 Å². The molecule has 1 N–H and O–H groups in total. The third-order valence-electron chi connectivity index (χ3n) is 1.39. The first-order chi connectivity index (χ1) is 6.65. The summed E-state index contributed by atoms with van der Waals surface area (Å²) in [6, 6.07) is 4.54. The van der Waals surface area contributed by atoms with Crippen LogP contribution in [0.3, 0.4) is 0 Å². The molecule has 0 heterocycles. The van der Waals surface area contributed by atoms with Crippen LogP contribution in [-0.4, -0.2) is 13.7 Å². The topological polar surface area (TPSA) is 30.5 Å². The molecule has 0 fully saturated rings. The van der Waals surface area contributed by atoms with Gasteiger partial charge in [0.25, 0.3) is 0 Å². The van der Waals surface area contributed by atoms with Crippen LogP contribution in [0.2, 0.25) is 5.02 Å². The summed E-state index contributed by atoms with van der Waals surface area (Å²) >= 11 is 5.66. The van der Waals surface area contributed by atoms with Gasteiger partial charge in [-0.15, -0.1) is 0 Å². The summed E-state index contributed by atoms with van der Waals surface area (Å²) in [5.74, 6) is -0.133. The van der Waals surface area contributed by atoms with Crippen molar-refractivity contribution in [2.24, 2.45) is 0 Å². The Balaban J connectivity index is 2.96. The molecule has 0 bridgehead atoms. The van der Waals surface area contributed by atoms with Gasteiger partial charge in [-0.25, -0.2) is 0 Å². The fraction of sp³-hybridized carbons (Fsp3) is 0.250. The second-order valence-corrected chi connectivity index (χ2v) is 2.71. The molecule has 0 amide bonds. The molecule has 0 radical (unpaired) electrons. The number of rotatable bonds is 4. The molecule has 0 saturated carbocycles. The Morgan fingerprint density at radius 3 is 2.71 bits per heavy atom. The molecule has 0 aromatic heterocycles. The fourth-order valence-corrected chi connectivity index (χ4v) is 1.13. The number of para-hydroxylation sites is 1. The average Bonchev–Trinajstić information content (AvgIpc) is 2.11. The Morgan fingerprint density at radius 2 is 2.14 bits per heavy atom. The monoisotopic (exact) mass is 223 g/mol. The maximum absolute atomic E-state index is 12.0. The molecule has 6 heteroatoms. The van der Waals surface area contributed by atoms with Gasteiger partial charge in [-0.1, -0.05) is 17.7 Å². The lowest BCUT2D eigenvalue weighted by atomic mass is 10.3. The molecule has 0 spiro atoms. The van der Waals surface area contributed by atoms with E-state index in [4.69, 9.17) is 11.6 Å². The van der Waals surface area contributed by atoms with Crippen LogP contribution < -0.4 is 10.2 Å². The molecular weight excluding hydrogens is 216 g/mol. The highest BCUT2D eigenvalue weighted by Gasteiger charge is 2.13. The van der Waals surface area contributed by atoms with E-state index in [9.17, 15) is 8.78 Å². The third-order valence-corrected chi connectivity index (χ3v) is 1.68. The van der Waals surface area contributed by atoms with Crippen molar-refractivity contribution >= 4 is 17.3 Å². The Labute approximate surface area is 84.5 Å². The lowest BCUT2D eigenvalue weighted by Crippen LogP contribution is -2.06. The number of alkyl halides is 2. The second-order valence-electron chi connectivity index (χ2n) is 2.30. The highest BCUT2D eigenvalue weighted by atomic mass is 35.5. The van der Waals surface area contributed by atoms with Crippen molar-refractivity contribution in [3.05, 3.63) is 23.2 Å². The summed E-state index contributed by atoms with van der Waals surface area (Å²) in [6.45, 7) is -2.92. The van der Waals surface area contributed by atoms with Crippen molar-refractivity contribution in [2.75, 3.05) is 12.6 Å². The van der Waals surface area contributed by atoms with Crippen molar-refractivity contribution in [1.29, 1.82) is 0 Å². The molecule has 1 aromatic rings. The number of benzene rings is 1. The van der Waals surface area contributed by atoms with Crippen LogP contribution >= 0.6 is 11.6 Å². The summed E-state index contributed by atoms with van der Waals surface area (Å²) in [4.78, 5) is 4.57. The molecule has 0 unspecified atom stereocenters. The van der Waals surface area contributed by atoms with Gasteiger partial charge in [0.15, 0.2) is 5.75 Å². The summed E-state index contributed by atoms with van der Waals surface area (Å²) < 4.78 is 28.2. The van der Waals surface area contributed by atoms with Gasteiger partial charge in [0, 0.05) is 0 Å². The quantitative estimate of drug-likeness (QED) is 0.797. The normalized spacial score (nSPS) is 10.4. The summed E-state index contributed by atoms with van der Waals surface area (Å²) in [5.41, 5.74) is 2.63. The van der Waals surface area contributed by atoms with E-state index in [0.717, 1.165) is 0 Å². The third kappa shape index (κ3) is 2.71. The highest BCUT2D eigenvalue weighted by molar-refractivity contribution is 6.32. The van der Waals surface area contributed by atoms with Crippen molar-refractivity contribution in [2.45, 2.75) is 6.61 Å². The number of nitrogens with one attached hydrogen (secondary N) is 1. The Kier molecular flexibility index (Phi) is 3.91. The average molecular weight is 224 g/mol. The largest absolute Gasteiger partial charge is 0.431 e. The summed E-state index contributed by atoms with van der Waals surface area (Å²) in [6.07, 6.45) is 0. The van der Waals surface area contributed by atoms with Crippen LogP contribution in [0.25, 0.3) is 0 Å². The molecule has 14 heavy (non-hydrogen) atoms. The van der Waals surface area contributed by atoms with Gasteiger partial charge >= 0.3 is 6.61 Å². The molecule has 0 saturated heterocycles. The van der Waals surface area contributed by atoms with Gasteiger partial charge in [-0.2, -0.15) is 8.78 Å². The zero-order valence-corrected chi connectivity index (χ0v) is 8.02. The molecule has 0 atom stereocenters. The lowest BCUT2D eigenvalue weighted by molar-refractivity contribution is -0.0495.